The molecule has 0 fully saturated rings. The zero-order valence-corrected chi connectivity index (χ0v) is 13.0. The van der Waals surface area contributed by atoms with E-state index in [4.69, 9.17) is 14.2 Å². The lowest BCUT2D eigenvalue weighted by Crippen LogP contribution is -2.37. The van der Waals surface area contributed by atoms with E-state index < -0.39 is 47.7 Å². The average molecular weight is 333 g/mol. The fourth-order valence-corrected chi connectivity index (χ4v) is 1.49. The molecule has 0 bridgehead atoms. The summed E-state index contributed by atoms with van der Waals surface area (Å²) in [5, 5.41) is 19.7. The Morgan fingerprint density at radius 2 is 1.65 bits per heavy atom. The van der Waals surface area contributed by atoms with Crippen molar-refractivity contribution in [1.29, 1.82) is 0 Å². The number of aliphatic hydroxyl groups is 1. The molecule has 0 saturated heterocycles. The molecule has 0 aliphatic rings. The van der Waals surface area contributed by atoms with Crippen molar-refractivity contribution in [2.75, 3.05) is 13.2 Å². The Morgan fingerprint density at radius 3 is 2.09 bits per heavy atom. The Labute approximate surface area is 132 Å². The molecular weight excluding hydrogens is 314 g/mol. The molecule has 0 unspecified atom stereocenters. The van der Waals surface area contributed by atoms with Crippen LogP contribution in [0, 0.1) is 10.1 Å². The van der Waals surface area contributed by atoms with Crippen molar-refractivity contribution in [1.82, 2.24) is 0 Å². The smallest absolute Gasteiger partial charge is 0.303 e. The van der Waals surface area contributed by atoms with Gasteiger partial charge in [-0.3, -0.25) is 24.5 Å². The van der Waals surface area contributed by atoms with Crippen molar-refractivity contribution in [3.63, 3.8) is 0 Å². The lowest BCUT2D eigenvalue weighted by atomic mass is 10.1. The molecule has 0 aromatic rings. The number of carbonyl (C=O) groups excluding carboxylic acids is 3. The number of rotatable bonds is 9. The Bertz CT molecular complexity index is 474. The van der Waals surface area contributed by atoms with Crippen LogP contribution in [0.2, 0.25) is 0 Å². The molecule has 0 heterocycles. The molecule has 23 heavy (non-hydrogen) atoms. The molecule has 0 amide bonds. The highest BCUT2D eigenvalue weighted by Gasteiger charge is 2.27. The van der Waals surface area contributed by atoms with Crippen molar-refractivity contribution < 1.29 is 38.6 Å². The monoisotopic (exact) mass is 333 g/mol. The van der Waals surface area contributed by atoms with Crippen LogP contribution >= 0.6 is 0 Å². The van der Waals surface area contributed by atoms with E-state index in [0.29, 0.717) is 0 Å². The van der Waals surface area contributed by atoms with E-state index in [1.54, 1.807) is 0 Å². The molecule has 10 heteroatoms. The molecule has 3 atom stereocenters. The van der Waals surface area contributed by atoms with E-state index in [-0.39, 0.29) is 6.61 Å². The minimum atomic E-state index is -1.42. The van der Waals surface area contributed by atoms with Crippen molar-refractivity contribution in [3.8, 4) is 0 Å². The molecule has 0 aliphatic carbocycles. The van der Waals surface area contributed by atoms with Gasteiger partial charge < -0.3 is 19.3 Å². The molecule has 0 spiro atoms. The third kappa shape index (κ3) is 10.8. The van der Waals surface area contributed by atoms with Crippen LogP contribution < -0.4 is 0 Å². The number of hydrogen-bond donors (Lipinski definition) is 1. The second kappa shape index (κ2) is 10.3. The van der Waals surface area contributed by atoms with Gasteiger partial charge in [0.05, 0.1) is 0 Å². The third-order valence-electron chi connectivity index (χ3n) is 2.30. The quantitative estimate of drug-likeness (QED) is 0.196. The molecule has 0 aromatic carbocycles. The van der Waals surface area contributed by atoms with E-state index in [1.807, 2.05) is 0 Å². The van der Waals surface area contributed by atoms with Gasteiger partial charge in [-0.1, -0.05) is 0 Å². The number of hydrogen-bond acceptors (Lipinski definition) is 9. The largest absolute Gasteiger partial charge is 0.462 e. The highest BCUT2D eigenvalue weighted by molar-refractivity contribution is 5.68. The zero-order chi connectivity index (χ0) is 18.0. The van der Waals surface area contributed by atoms with E-state index in [0.717, 1.165) is 32.9 Å². The summed E-state index contributed by atoms with van der Waals surface area (Å²) in [6.45, 7) is 2.22. The highest BCUT2D eigenvalue weighted by atomic mass is 16.6. The fraction of sp³-hybridized carbons (Fsp3) is 0.615. The molecule has 10 nitrogen and oxygen atoms in total. The molecule has 0 rings (SSSR count). The minimum Gasteiger partial charge on any atom is -0.462 e. The summed E-state index contributed by atoms with van der Waals surface area (Å²) >= 11 is 0. The first kappa shape index (κ1) is 20.5. The van der Waals surface area contributed by atoms with Crippen LogP contribution in [0.25, 0.3) is 0 Å². The van der Waals surface area contributed by atoms with Gasteiger partial charge in [0.25, 0.3) is 0 Å². The van der Waals surface area contributed by atoms with Gasteiger partial charge in [-0.2, -0.15) is 0 Å². The van der Waals surface area contributed by atoms with Gasteiger partial charge in [-0.05, 0) is 12.2 Å². The number of aliphatic hydroxyl groups excluding tert-OH is 1. The Kier molecular flexibility index (Phi) is 9.16. The first-order valence-electron chi connectivity index (χ1n) is 6.57. The summed E-state index contributed by atoms with van der Waals surface area (Å²) in [6.07, 6.45) is -1.60. The fourth-order valence-electron chi connectivity index (χ4n) is 1.49. The summed E-state index contributed by atoms with van der Waals surface area (Å²) in [4.78, 5) is 42.7. The topological polar surface area (TPSA) is 142 Å². The van der Waals surface area contributed by atoms with Gasteiger partial charge >= 0.3 is 17.9 Å². The molecule has 0 aromatic heterocycles. The van der Waals surface area contributed by atoms with Crippen LogP contribution in [0.1, 0.15) is 20.8 Å². The molecule has 0 saturated carbocycles. The van der Waals surface area contributed by atoms with Crippen LogP contribution in [-0.4, -0.2) is 59.4 Å². The number of esters is 3. The van der Waals surface area contributed by atoms with Crippen molar-refractivity contribution in [2.45, 2.75) is 39.1 Å². The standard InChI is InChI=1S/C13H19NO9/c1-8(15)21-7-13(23-10(3)17)12(22-9(2)16)5-4-11(18)6-14(19)20/h4-5,11-13,18H,6-7H2,1-3H3/b5-4+/t11-,12+,13-/m1/s1. The Balaban J connectivity index is 5.12. The summed E-state index contributed by atoms with van der Waals surface area (Å²) in [7, 11) is 0. The maximum absolute atomic E-state index is 11.1. The minimum absolute atomic E-state index is 0.386. The molecular formula is C13H19NO9. The molecule has 130 valence electrons. The molecule has 1 N–H and O–H groups in total. The second-order valence-corrected chi connectivity index (χ2v) is 4.49. The summed E-state index contributed by atoms with van der Waals surface area (Å²) < 4.78 is 14.6. The van der Waals surface area contributed by atoms with Crippen LogP contribution in [-0.2, 0) is 28.6 Å². The lowest BCUT2D eigenvalue weighted by Gasteiger charge is -2.23. The lowest BCUT2D eigenvalue weighted by molar-refractivity contribution is -0.487. The van der Waals surface area contributed by atoms with Gasteiger partial charge in [0, 0.05) is 25.7 Å². The normalized spacial score (nSPS) is 14.6. The SMILES string of the molecule is CC(=O)OC[C@@H](OC(C)=O)[C@H](/C=C/[C@@H](O)C[N+](=O)[O-])OC(C)=O. The number of nitro groups is 1. The van der Waals surface area contributed by atoms with Gasteiger partial charge in [-0.15, -0.1) is 0 Å². The highest BCUT2D eigenvalue weighted by Crippen LogP contribution is 2.10. The second-order valence-electron chi connectivity index (χ2n) is 4.49. The van der Waals surface area contributed by atoms with Gasteiger partial charge in [0.2, 0.25) is 6.54 Å². The average Bonchev–Trinajstić information content (AvgIpc) is 2.37. The van der Waals surface area contributed by atoms with E-state index in [9.17, 15) is 29.6 Å². The summed E-state index contributed by atoms with van der Waals surface area (Å²) in [6, 6.07) is 0. The predicted molar refractivity (Wildman–Crippen MR) is 74.7 cm³/mol. The molecule has 0 aliphatic heterocycles. The zero-order valence-electron chi connectivity index (χ0n) is 13.0. The van der Waals surface area contributed by atoms with Gasteiger partial charge in [0.15, 0.2) is 12.2 Å². The first-order valence-corrected chi connectivity index (χ1v) is 6.57. The van der Waals surface area contributed by atoms with Crippen molar-refractivity contribution in [3.05, 3.63) is 22.3 Å². The Hall–Kier alpha value is -2.49. The van der Waals surface area contributed by atoms with Crippen LogP contribution in [0.3, 0.4) is 0 Å². The van der Waals surface area contributed by atoms with Crippen LogP contribution in [0.4, 0.5) is 0 Å². The number of nitrogens with zero attached hydrogens (tertiary/aromatic N) is 1. The Morgan fingerprint density at radius 1 is 1.09 bits per heavy atom. The van der Waals surface area contributed by atoms with Crippen LogP contribution in [0.15, 0.2) is 12.2 Å². The predicted octanol–water partition coefficient (Wildman–Crippen LogP) is -0.393. The van der Waals surface area contributed by atoms with Gasteiger partial charge in [-0.25, -0.2) is 0 Å². The summed E-state index contributed by atoms with van der Waals surface area (Å²) in [5.41, 5.74) is 0. The van der Waals surface area contributed by atoms with E-state index >= 15 is 0 Å². The van der Waals surface area contributed by atoms with Crippen molar-refractivity contribution in [2.24, 2.45) is 0 Å². The van der Waals surface area contributed by atoms with Crippen LogP contribution in [0.5, 0.6) is 0 Å². The molecule has 0 radical (unpaired) electrons. The summed E-state index contributed by atoms with van der Waals surface area (Å²) in [5.74, 6) is -2.07. The number of ether oxygens (including phenoxy) is 3. The van der Waals surface area contributed by atoms with E-state index in [1.165, 1.54) is 0 Å². The number of carbonyl (C=O) groups is 3. The van der Waals surface area contributed by atoms with Gasteiger partial charge in [0.1, 0.15) is 12.7 Å². The maximum atomic E-state index is 11.1. The van der Waals surface area contributed by atoms with E-state index in [2.05, 4.69) is 0 Å². The third-order valence-corrected chi connectivity index (χ3v) is 2.30. The maximum Gasteiger partial charge on any atom is 0.303 e. The first-order chi connectivity index (χ1) is 10.6. The van der Waals surface area contributed by atoms with Crippen molar-refractivity contribution >= 4 is 17.9 Å².